The molecule has 0 saturated heterocycles. The number of nitrogens with zero attached hydrogens (tertiary/aromatic N) is 1. The number of carbonyl (C=O) groups is 1. The number of anilines is 1. The average molecular weight is 268 g/mol. The van der Waals surface area contributed by atoms with E-state index in [0.29, 0.717) is 11.5 Å². The Morgan fingerprint density at radius 3 is 2.90 bits per heavy atom. The number of aryl methyl sites for hydroxylation is 1. The molecule has 0 aliphatic carbocycles. The van der Waals surface area contributed by atoms with Crippen LogP contribution in [0.4, 0.5) is 5.82 Å². The summed E-state index contributed by atoms with van der Waals surface area (Å²) in [5.74, 6) is -0.0749. The number of rotatable bonds is 2. The van der Waals surface area contributed by atoms with Crippen molar-refractivity contribution in [3.63, 3.8) is 0 Å². The van der Waals surface area contributed by atoms with Crippen LogP contribution in [0.1, 0.15) is 16.1 Å². The second-order valence-corrected chi connectivity index (χ2v) is 4.47. The van der Waals surface area contributed by atoms with Gasteiger partial charge in [0.1, 0.15) is 5.56 Å². The van der Waals surface area contributed by atoms with Gasteiger partial charge >= 0.3 is 0 Å². The lowest BCUT2D eigenvalue weighted by Crippen LogP contribution is -2.21. The Kier molecular flexibility index (Phi) is 2.83. The average Bonchev–Trinajstić information content (AvgIpc) is 2.82. The van der Waals surface area contributed by atoms with Crippen LogP contribution >= 0.6 is 0 Å². The van der Waals surface area contributed by atoms with Crippen LogP contribution in [0.5, 0.6) is 0 Å². The summed E-state index contributed by atoms with van der Waals surface area (Å²) in [5.41, 5.74) is 1.26. The van der Waals surface area contributed by atoms with Gasteiger partial charge in [-0.15, -0.1) is 0 Å². The molecule has 1 amide bonds. The molecule has 0 aliphatic heterocycles. The van der Waals surface area contributed by atoms with Gasteiger partial charge in [-0.1, -0.05) is 12.1 Å². The molecular weight excluding hydrogens is 256 g/mol. The molecule has 6 nitrogen and oxygen atoms in total. The minimum atomic E-state index is -0.483. The van der Waals surface area contributed by atoms with Crippen molar-refractivity contribution in [1.29, 1.82) is 0 Å². The van der Waals surface area contributed by atoms with Crippen molar-refractivity contribution in [2.45, 2.75) is 6.92 Å². The van der Waals surface area contributed by atoms with Crippen molar-refractivity contribution >= 4 is 22.6 Å². The van der Waals surface area contributed by atoms with Gasteiger partial charge in [-0.3, -0.25) is 14.7 Å². The number of benzene rings is 1. The summed E-state index contributed by atoms with van der Waals surface area (Å²) in [6.07, 6.45) is 1.40. The van der Waals surface area contributed by atoms with Crippen LogP contribution in [-0.2, 0) is 0 Å². The highest BCUT2D eigenvalue weighted by atomic mass is 16.2. The van der Waals surface area contributed by atoms with E-state index < -0.39 is 5.91 Å². The Bertz CT molecular complexity index is 848. The zero-order valence-electron chi connectivity index (χ0n) is 10.7. The molecule has 20 heavy (non-hydrogen) atoms. The number of aromatic amines is 2. The monoisotopic (exact) mass is 268 g/mol. The molecule has 0 radical (unpaired) electrons. The molecule has 2 aromatic heterocycles. The topological polar surface area (TPSA) is 90.6 Å². The normalized spacial score (nSPS) is 10.7. The van der Waals surface area contributed by atoms with E-state index in [1.165, 1.54) is 12.3 Å². The maximum atomic E-state index is 12.1. The summed E-state index contributed by atoms with van der Waals surface area (Å²) in [4.78, 5) is 26.7. The fourth-order valence-corrected chi connectivity index (χ4v) is 1.98. The predicted octanol–water partition coefficient (Wildman–Crippen LogP) is 1.81. The van der Waals surface area contributed by atoms with Crippen molar-refractivity contribution in [2.75, 3.05) is 5.32 Å². The molecule has 0 bridgehead atoms. The zero-order chi connectivity index (χ0) is 14.1. The molecule has 3 N–H and O–H groups in total. The lowest BCUT2D eigenvalue weighted by atomic mass is 10.2. The quantitative estimate of drug-likeness (QED) is 0.662. The maximum Gasteiger partial charge on any atom is 0.262 e. The Morgan fingerprint density at radius 1 is 1.30 bits per heavy atom. The van der Waals surface area contributed by atoms with E-state index >= 15 is 0 Å². The molecule has 0 saturated carbocycles. The molecule has 0 spiro atoms. The van der Waals surface area contributed by atoms with Gasteiger partial charge < -0.3 is 10.3 Å². The highest BCUT2D eigenvalue weighted by Gasteiger charge is 2.13. The van der Waals surface area contributed by atoms with E-state index in [0.717, 1.165) is 10.9 Å². The minimum Gasteiger partial charge on any atom is -0.364 e. The van der Waals surface area contributed by atoms with Gasteiger partial charge in [-0.25, -0.2) is 0 Å². The van der Waals surface area contributed by atoms with Gasteiger partial charge in [0.05, 0.1) is 5.52 Å². The third kappa shape index (κ3) is 2.07. The van der Waals surface area contributed by atoms with Gasteiger partial charge in [-0.05, 0) is 19.1 Å². The molecule has 3 rings (SSSR count). The van der Waals surface area contributed by atoms with Crippen LogP contribution in [0.15, 0.2) is 41.3 Å². The fraction of sp³-hybridized carbons (Fsp3) is 0.0714. The summed E-state index contributed by atoms with van der Waals surface area (Å²) in [6.45, 7) is 1.75. The number of pyridine rings is 1. The number of carbonyl (C=O) groups excluding carboxylic acids is 1. The van der Waals surface area contributed by atoms with Crippen LogP contribution < -0.4 is 10.7 Å². The Balaban J connectivity index is 1.95. The van der Waals surface area contributed by atoms with Gasteiger partial charge in [-0.2, -0.15) is 5.10 Å². The smallest absolute Gasteiger partial charge is 0.262 e. The molecular formula is C14H12N4O2. The third-order valence-electron chi connectivity index (χ3n) is 3.00. The van der Waals surface area contributed by atoms with Gasteiger partial charge in [0, 0.05) is 23.3 Å². The molecule has 3 aromatic rings. The summed E-state index contributed by atoms with van der Waals surface area (Å²) >= 11 is 0. The van der Waals surface area contributed by atoms with Crippen LogP contribution in [0.2, 0.25) is 0 Å². The summed E-state index contributed by atoms with van der Waals surface area (Å²) in [6, 6.07) is 8.81. The van der Waals surface area contributed by atoms with Gasteiger partial charge in [0.15, 0.2) is 11.2 Å². The van der Waals surface area contributed by atoms with Crippen LogP contribution in [0, 0.1) is 6.92 Å². The number of H-pyrrole nitrogens is 2. The number of nitrogens with one attached hydrogen (secondary N) is 3. The standard InChI is InChI=1S/C14H12N4O2/c1-8-6-12(19)10(7-15-8)14(20)16-13-9-4-2-3-5-11(9)17-18-13/h2-7H,1H3,(H,15,19)(H2,16,17,18,20). The first kappa shape index (κ1) is 12.2. The number of aromatic nitrogens is 3. The van der Waals surface area contributed by atoms with E-state index in [4.69, 9.17) is 0 Å². The second kappa shape index (κ2) is 4.65. The SMILES string of the molecule is Cc1cc(=O)c(C(=O)Nc2n[nH]c3ccccc23)c[nH]1. The van der Waals surface area contributed by atoms with Crippen molar-refractivity contribution < 1.29 is 4.79 Å². The molecule has 2 heterocycles. The Morgan fingerprint density at radius 2 is 2.10 bits per heavy atom. The number of fused-ring (bicyclic) bond motifs is 1. The highest BCUT2D eigenvalue weighted by Crippen LogP contribution is 2.19. The molecule has 0 unspecified atom stereocenters. The lowest BCUT2D eigenvalue weighted by molar-refractivity contribution is 0.102. The first-order chi connectivity index (χ1) is 9.65. The van der Waals surface area contributed by atoms with Crippen LogP contribution in [-0.4, -0.2) is 21.1 Å². The molecule has 6 heteroatoms. The number of hydrogen-bond acceptors (Lipinski definition) is 3. The summed E-state index contributed by atoms with van der Waals surface area (Å²) in [7, 11) is 0. The Labute approximate surface area is 113 Å². The number of hydrogen-bond donors (Lipinski definition) is 3. The predicted molar refractivity (Wildman–Crippen MR) is 75.8 cm³/mol. The maximum absolute atomic E-state index is 12.1. The molecule has 100 valence electrons. The van der Waals surface area contributed by atoms with E-state index in [9.17, 15) is 9.59 Å². The van der Waals surface area contributed by atoms with E-state index in [-0.39, 0.29) is 11.0 Å². The second-order valence-electron chi connectivity index (χ2n) is 4.47. The largest absolute Gasteiger partial charge is 0.364 e. The van der Waals surface area contributed by atoms with E-state index in [1.54, 1.807) is 6.92 Å². The van der Waals surface area contributed by atoms with Crippen LogP contribution in [0.3, 0.4) is 0 Å². The third-order valence-corrected chi connectivity index (χ3v) is 3.00. The van der Waals surface area contributed by atoms with Crippen molar-refractivity contribution in [2.24, 2.45) is 0 Å². The van der Waals surface area contributed by atoms with Crippen molar-refractivity contribution in [3.8, 4) is 0 Å². The molecule has 1 aromatic carbocycles. The van der Waals surface area contributed by atoms with Crippen LogP contribution in [0.25, 0.3) is 10.9 Å². The van der Waals surface area contributed by atoms with Crippen molar-refractivity contribution in [1.82, 2.24) is 15.2 Å². The minimum absolute atomic E-state index is 0.0580. The molecule has 0 aliphatic rings. The summed E-state index contributed by atoms with van der Waals surface area (Å²) in [5, 5.41) is 10.3. The van der Waals surface area contributed by atoms with Gasteiger partial charge in [0.25, 0.3) is 5.91 Å². The number of para-hydroxylation sites is 1. The zero-order valence-corrected chi connectivity index (χ0v) is 10.7. The first-order valence-corrected chi connectivity index (χ1v) is 6.09. The van der Waals surface area contributed by atoms with E-state index in [1.807, 2.05) is 24.3 Å². The molecule has 0 fully saturated rings. The highest BCUT2D eigenvalue weighted by molar-refractivity contribution is 6.07. The van der Waals surface area contributed by atoms with Gasteiger partial charge in [0.2, 0.25) is 0 Å². The lowest BCUT2D eigenvalue weighted by Gasteiger charge is -2.02. The fourth-order valence-electron chi connectivity index (χ4n) is 1.98. The summed E-state index contributed by atoms with van der Waals surface area (Å²) < 4.78 is 0. The first-order valence-electron chi connectivity index (χ1n) is 6.09. The van der Waals surface area contributed by atoms with E-state index in [2.05, 4.69) is 20.5 Å². The van der Waals surface area contributed by atoms with Crippen molar-refractivity contribution in [3.05, 3.63) is 58.0 Å². The Hall–Kier alpha value is -2.89. The molecule has 0 atom stereocenters. The number of amides is 1.